The van der Waals surface area contributed by atoms with Crippen molar-refractivity contribution < 1.29 is 14.6 Å². The number of aliphatic hydroxyl groups is 1. The summed E-state index contributed by atoms with van der Waals surface area (Å²) in [5, 5.41) is 18.9. The smallest absolute Gasteiger partial charge is 0.263 e. The van der Waals surface area contributed by atoms with E-state index in [2.05, 4.69) is 0 Å². The van der Waals surface area contributed by atoms with Gasteiger partial charge in [0.05, 0.1) is 11.2 Å². The molecule has 1 amide bonds. The van der Waals surface area contributed by atoms with Crippen molar-refractivity contribution in [3.05, 3.63) is 29.8 Å². The molecule has 0 spiro atoms. The van der Waals surface area contributed by atoms with Gasteiger partial charge in [0.25, 0.3) is 5.91 Å². The van der Waals surface area contributed by atoms with E-state index in [-0.39, 0.29) is 12.5 Å². The summed E-state index contributed by atoms with van der Waals surface area (Å²) in [6.45, 7) is 7.51. The van der Waals surface area contributed by atoms with Crippen LogP contribution >= 0.6 is 0 Å². The number of likely N-dealkylation sites (N-methyl/N-ethyl adjacent to an activating group) is 1. The fraction of sp³-hybridized carbons (Fsp3) is 0.500. The van der Waals surface area contributed by atoms with Crippen molar-refractivity contribution in [2.75, 3.05) is 13.1 Å². The second-order valence-corrected chi connectivity index (χ2v) is 5.53. The Balaban J connectivity index is 2.80. The van der Waals surface area contributed by atoms with E-state index in [0.717, 1.165) is 0 Å². The molecule has 0 aromatic heterocycles. The molecule has 5 nitrogen and oxygen atoms in total. The number of carbonyl (C=O) groups is 1. The van der Waals surface area contributed by atoms with Crippen molar-refractivity contribution in [1.82, 2.24) is 4.90 Å². The van der Waals surface area contributed by atoms with Crippen LogP contribution in [0.2, 0.25) is 0 Å². The van der Waals surface area contributed by atoms with Crippen LogP contribution < -0.4 is 4.74 Å². The number of nitriles is 1. The Morgan fingerprint density at radius 1 is 1.48 bits per heavy atom. The first kappa shape index (κ1) is 17.0. The number of ether oxygens (including phenoxy) is 1. The first-order chi connectivity index (χ1) is 9.78. The quantitative estimate of drug-likeness (QED) is 0.869. The molecule has 0 aliphatic heterocycles. The Morgan fingerprint density at radius 3 is 2.62 bits per heavy atom. The van der Waals surface area contributed by atoms with Crippen LogP contribution in [0.4, 0.5) is 0 Å². The van der Waals surface area contributed by atoms with Gasteiger partial charge in [0.15, 0.2) is 6.10 Å². The lowest BCUT2D eigenvalue weighted by Gasteiger charge is -2.30. The molecule has 0 saturated carbocycles. The number of hydrogen-bond donors (Lipinski definition) is 1. The zero-order chi connectivity index (χ0) is 16.0. The minimum absolute atomic E-state index is 0.215. The molecule has 1 aromatic carbocycles. The molecule has 114 valence electrons. The lowest BCUT2D eigenvalue weighted by Crippen LogP contribution is -2.47. The van der Waals surface area contributed by atoms with Gasteiger partial charge >= 0.3 is 0 Å². The van der Waals surface area contributed by atoms with Crippen LogP contribution in [0.15, 0.2) is 24.3 Å². The summed E-state index contributed by atoms with van der Waals surface area (Å²) in [6.07, 6.45) is -0.721. The van der Waals surface area contributed by atoms with Crippen LogP contribution in [-0.4, -0.2) is 40.7 Å². The maximum Gasteiger partial charge on any atom is 0.263 e. The Morgan fingerprint density at radius 2 is 2.10 bits per heavy atom. The standard InChI is InChI=1S/C16H22N2O3/c1-5-18(11-16(3,4)20)15(19)12(2)21-14-9-7-6-8-13(14)10-17/h6-9,12,20H,5,11H2,1-4H3. The van der Waals surface area contributed by atoms with Gasteiger partial charge in [-0.3, -0.25) is 4.79 Å². The lowest BCUT2D eigenvalue weighted by molar-refractivity contribution is -0.140. The van der Waals surface area contributed by atoms with Crippen molar-refractivity contribution in [1.29, 1.82) is 5.26 Å². The zero-order valence-electron chi connectivity index (χ0n) is 13.0. The van der Waals surface area contributed by atoms with E-state index in [4.69, 9.17) is 10.00 Å². The van der Waals surface area contributed by atoms with E-state index in [9.17, 15) is 9.90 Å². The summed E-state index contributed by atoms with van der Waals surface area (Å²) in [6, 6.07) is 8.82. The number of nitrogens with zero attached hydrogens (tertiary/aromatic N) is 2. The highest BCUT2D eigenvalue weighted by atomic mass is 16.5. The molecule has 0 aliphatic carbocycles. The minimum atomic E-state index is -0.962. The van der Waals surface area contributed by atoms with E-state index < -0.39 is 11.7 Å². The van der Waals surface area contributed by atoms with E-state index in [0.29, 0.717) is 17.9 Å². The number of rotatable bonds is 6. The predicted octanol–water partition coefficient (Wildman–Crippen LogP) is 1.94. The van der Waals surface area contributed by atoms with Crippen molar-refractivity contribution in [2.45, 2.75) is 39.4 Å². The summed E-state index contributed by atoms with van der Waals surface area (Å²) in [5.41, 5.74) is -0.571. The third-order valence-electron chi connectivity index (χ3n) is 2.93. The third kappa shape index (κ3) is 5.09. The van der Waals surface area contributed by atoms with Gasteiger partial charge in [-0.15, -0.1) is 0 Å². The van der Waals surface area contributed by atoms with Crippen LogP contribution in [0, 0.1) is 11.3 Å². The molecule has 1 atom stereocenters. The van der Waals surface area contributed by atoms with E-state index in [1.807, 2.05) is 13.0 Å². The highest BCUT2D eigenvalue weighted by Gasteiger charge is 2.26. The third-order valence-corrected chi connectivity index (χ3v) is 2.93. The van der Waals surface area contributed by atoms with Crippen LogP contribution in [0.5, 0.6) is 5.75 Å². The van der Waals surface area contributed by atoms with E-state index >= 15 is 0 Å². The summed E-state index contributed by atoms with van der Waals surface area (Å²) in [7, 11) is 0. The summed E-state index contributed by atoms with van der Waals surface area (Å²) >= 11 is 0. The zero-order valence-corrected chi connectivity index (χ0v) is 13.0. The molecular formula is C16H22N2O3. The molecule has 1 rings (SSSR count). The molecule has 0 radical (unpaired) electrons. The predicted molar refractivity (Wildman–Crippen MR) is 79.8 cm³/mol. The number of benzene rings is 1. The molecule has 1 unspecified atom stereocenters. The number of carbonyl (C=O) groups excluding carboxylic acids is 1. The highest BCUT2D eigenvalue weighted by Crippen LogP contribution is 2.19. The topological polar surface area (TPSA) is 73.6 Å². The van der Waals surface area contributed by atoms with Crippen LogP contribution in [0.3, 0.4) is 0 Å². The van der Waals surface area contributed by atoms with Crippen molar-refractivity contribution in [2.24, 2.45) is 0 Å². The summed E-state index contributed by atoms with van der Waals surface area (Å²) < 4.78 is 5.60. The fourth-order valence-corrected chi connectivity index (χ4v) is 1.97. The van der Waals surface area contributed by atoms with Crippen molar-refractivity contribution in [3.8, 4) is 11.8 Å². The number of amides is 1. The van der Waals surface area contributed by atoms with Gasteiger partial charge in [-0.25, -0.2) is 0 Å². The first-order valence-electron chi connectivity index (χ1n) is 6.95. The molecule has 5 heteroatoms. The van der Waals surface area contributed by atoms with E-state index in [1.54, 1.807) is 49.9 Å². The summed E-state index contributed by atoms with van der Waals surface area (Å²) in [5.74, 6) is 0.174. The largest absolute Gasteiger partial charge is 0.480 e. The van der Waals surface area contributed by atoms with Gasteiger partial charge in [-0.1, -0.05) is 12.1 Å². The maximum atomic E-state index is 12.4. The average Bonchev–Trinajstić information content (AvgIpc) is 2.43. The second kappa shape index (κ2) is 7.09. The van der Waals surface area contributed by atoms with Crippen molar-refractivity contribution in [3.63, 3.8) is 0 Å². The molecule has 1 N–H and O–H groups in total. The van der Waals surface area contributed by atoms with Crippen LogP contribution in [-0.2, 0) is 4.79 Å². The lowest BCUT2D eigenvalue weighted by atomic mass is 10.1. The fourth-order valence-electron chi connectivity index (χ4n) is 1.97. The van der Waals surface area contributed by atoms with Crippen LogP contribution in [0.25, 0.3) is 0 Å². The maximum absolute atomic E-state index is 12.4. The van der Waals surface area contributed by atoms with Crippen LogP contribution in [0.1, 0.15) is 33.3 Å². The van der Waals surface area contributed by atoms with Gasteiger partial charge in [-0.05, 0) is 39.8 Å². The Kier molecular flexibility index (Phi) is 5.74. The molecule has 0 heterocycles. The van der Waals surface area contributed by atoms with Crippen molar-refractivity contribution >= 4 is 5.91 Å². The Bertz CT molecular complexity index is 529. The molecule has 0 saturated heterocycles. The van der Waals surface area contributed by atoms with Gasteiger partial charge in [0.1, 0.15) is 11.8 Å². The number of hydrogen-bond acceptors (Lipinski definition) is 4. The monoisotopic (exact) mass is 290 g/mol. The van der Waals surface area contributed by atoms with Gasteiger partial charge < -0.3 is 14.7 Å². The molecular weight excluding hydrogens is 268 g/mol. The van der Waals surface area contributed by atoms with Gasteiger partial charge in [0.2, 0.25) is 0 Å². The molecule has 0 bridgehead atoms. The Labute approximate surface area is 125 Å². The minimum Gasteiger partial charge on any atom is -0.480 e. The van der Waals surface area contributed by atoms with Gasteiger partial charge in [0, 0.05) is 13.1 Å². The summed E-state index contributed by atoms with van der Waals surface area (Å²) in [4.78, 5) is 13.9. The first-order valence-corrected chi connectivity index (χ1v) is 6.95. The highest BCUT2D eigenvalue weighted by molar-refractivity contribution is 5.81. The molecule has 1 aromatic rings. The molecule has 0 fully saturated rings. The van der Waals surface area contributed by atoms with E-state index in [1.165, 1.54) is 0 Å². The molecule has 0 aliphatic rings. The Hall–Kier alpha value is -2.06. The van der Waals surface area contributed by atoms with Gasteiger partial charge in [-0.2, -0.15) is 5.26 Å². The molecule has 21 heavy (non-hydrogen) atoms. The second-order valence-electron chi connectivity index (χ2n) is 5.53. The normalized spacial score (nSPS) is 12.4. The number of para-hydroxylation sites is 1. The SMILES string of the molecule is CCN(CC(C)(C)O)C(=O)C(C)Oc1ccccc1C#N. The average molecular weight is 290 g/mol.